The van der Waals surface area contributed by atoms with E-state index >= 15 is 0 Å². The zero-order valence-electron chi connectivity index (χ0n) is 16.5. The predicted molar refractivity (Wildman–Crippen MR) is 105 cm³/mol. The average molecular weight is 398 g/mol. The molecule has 3 unspecified atom stereocenters. The van der Waals surface area contributed by atoms with E-state index in [0.717, 1.165) is 29.8 Å². The van der Waals surface area contributed by atoms with Gasteiger partial charge in [-0.2, -0.15) is 0 Å². The Labute approximate surface area is 169 Å². The van der Waals surface area contributed by atoms with Crippen LogP contribution in [0.1, 0.15) is 58.9 Å². The number of piperidine rings is 2. The molecule has 3 aliphatic rings. The molecular weight excluding hydrogens is 372 g/mol. The molecule has 4 rings (SSSR count). The fraction of sp³-hybridized carbons (Fsp3) is 0.524. The van der Waals surface area contributed by atoms with Crippen molar-refractivity contribution in [2.24, 2.45) is 11.7 Å². The SMILES string of the molecule is CC1CCC(CN)N(Cc2cccc3c2C(=O)N(C2CCC(=O)NC2=O)C3=O)C1. The fourth-order valence-electron chi connectivity index (χ4n) is 4.70. The fourth-order valence-corrected chi connectivity index (χ4v) is 4.70. The van der Waals surface area contributed by atoms with Gasteiger partial charge in [0.05, 0.1) is 11.1 Å². The monoisotopic (exact) mass is 398 g/mol. The van der Waals surface area contributed by atoms with Crippen molar-refractivity contribution in [3.8, 4) is 0 Å². The second-order valence-corrected chi connectivity index (χ2v) is 8.29. The Kier molecular flexibility index (Phi) is 5.23. The Morgan fingerprint density at radius 1 is 1.10 bits per heavy atom. The van der Waals surface area contributed by atoms with Crippen LogP contribution in [0.4, 0.5) is 0 Å². The van der Waals surface area contributed by atoms with Gasteiger partial charge in [-0.05, 0) is 36.8 Å². The molecule has 4 amide bonds. The Morgan fingerprint density at radius 3 is 2.62 bits per heavy atom. The summed E-state index contributed by atoms with van der Waals surface area (Å²) in [7, 11) is 0. The standard InChI is InChI=1S/C21H26N4O4/c1-12-5-6-14(9-22)24(10-12)11-13-3-2-4-15-18(13)21(29)25(20(15)28)16-7-8-17(26)23-19(16)27/h2-4,12,14,16H,5-11,22H2,1H3,(H,23,26,27). The highest BCUT2D eigenvalue weighted by Crippen LogP contribution is 2.32. The number of amides is 4. The van der Waals surface area contributed by atoms with Crippen LogP contribution in [0.3, 0.4) is 0 Å². The normalized spacial score (nSPS) is 27.9. The van der Waals surface area contributed by atoms with Crippen molar-refractivity contribution in [3.05, 3.63) is 34.9 Å². The van der Waals surface area contributed by atoms with E-state index in [-0.39, 0.29) is 24.8 Å². The smallest absolute Gasteiger partial charge is 0.262 e. The molecule has 2 saturated heterocycles. The Balaban J connectivity index is 1.63. The van der Waals surface area contributed by atoms with Gasteiger partial charge in [-0.3, -0.25) is 34.3 Å². The average Bonchev–Trinajstić information content (AvgIpc) is 2.94. The minimum atomic E-state index is -0.945. The number of imide groups is 2. The van der Waals surface area contributed by atoms with Crippen LogP contribution in [0.15, 0.2) is 18.2 Å². The minimum absolute atomic E-state index is 0.112. The van der Waals surface area contributed by atoms with Gasteiger partial charge in [0.2, 0.25) is 11.8 Å². The summed E-state index contributed by atoms with van der Waals surface area (Å²) in [6.07, 6.45) is 2.42. The van der Waals surface area contributed by atoms with Crippen LogP contribution >= 0.6 is 0 Å². The van der Waals surface area contributed by atoms with E-state index in [9.17, 15) is 19.2 Å². The first-order valence-electron chi connectivity index (χ1n) is 10.2. The number of fused-ring (bicyclic) bond motifs is 1. The first-order valence-corrected chi connectivity index (χ1v) is 10.2. The van der Waals surface area contributed by atoms with Crippen LogP contribution in [-0.4, -0.2) is 58.6 Å². The second-order valence-electron chi connectivity index (χ2n) is 8.29. The van der Waals surface area contributed by atoms with Crippen LogP contribution in [0.5, 0.6) is 0 Å². The van der Waals surface area contributed by atoms with E-state index in [0.29, 0.717) is 30.1 Å². The van der Waals surface area contributed by atoms with Crippen LogP contribution in [0.2, 0.25) is 0 Å². The van der Waals surface area contributed by atoms with Crippen LogP contribution in [0.25, 0.3) is 0 Å². The summed E-state index contributed by atoms with van der Waals surface area (Å²) < 4.78 is 0. The summed E-state index contributed by atoms with van der Waals surface area (Å²) in [5.41, 5.74) is 7.44. The second kappa shape index (κ2) is 7.68. The molecule has 1 aromatic carbocycles. The topological polar surface area (TPSA) is 113 Å². The molecule has 0 saturated carbocycles. The van der Waals surface area contributed by atoms with Crippen LogP contribution in [0, 0.1) is 5.92 Å². The molecule has 3 N–H and O–H groups in total. The molecule has 0 spiro atoms. The van der Waals surface area contributed by atoms with Crippen molar-refractivity contribution in [2.45, 2.75) is 51.2 Å². The third-order valence-corrected chi connectivity index (χ3v) is 6.26. The summed E-state index contributed by atoms with van der Waals surface area (Å²) in [6, 6.07) is 4.58. The summed E-state index contributed by atoms with van der Waals surface area (Å²) >= 11 is 0. The van der Waals surface area contributed by atoms with Gasteiger partial charge in [-0.1, -0.05) is 19.1 Å². The highest BCUT2D eigenvalue weighted by Gasteiger charge is 2.45. The maximum atomic E-state index is 13.2. The van der Waals surface area contributed by atoms with Crippen molar-refractivity contribution < 1.29 is 19.2 Å². The number of likely N-dealkylation sites (tertiary alicyclic amines) is 1. The van der Waals surface area contributed by atoms with Gasteiger partial charge in [0, 0.05) is 32.1 Å². The number of rotatable bonds is 4. The summed E-state index contributed by atoms with van der Waals surface area (Å²) in [6.45, 7) is 4.19. The number of carbonyl (C=O) groups excluding carboxylic acids is 4. The predicted octanol–water partition coefficient (Wildman–Crippen LogP) is 0.647. The molecule has 8 nitrogen and oxygen atoms in total. The minimum Gasteiger partial charge on any atom is -0.329 e. The lowest BCUT2D eigenvalue weighted by Crippen LogP contribution is -2.54. The number of hydrogen-bond acceptors (Lipinski definition) is 6. The zero-order valence-corrected chi connectivity index (χ0v) is 16.5. The summed E-state index contributed by atoms with van der Waals surface area (Å²) in [5.74, 6) is -1.35. The summed E-state index contributed by atoms with van der Waals surface area (Å²) in [5, 5.41) is 2.23. The lowest BCUT2D eigenvalue weighted by atomic mass is 9.93. The van der Waals surface area contributed by atoms with E-state index in [2.05, 4.69) is 17.1 Å². The van der Waals surface area contributed by atoms with E-state index in [1.165, 1.54) is 0 Å². The Hall–Kier alpha value is -2.58. The third-order valence-electron chi connectivity index (χ3n) is 6.26. The largest absolute Gasteiger partial charge is 0.329 e. The first kappa shape index (κ1) is 19.7. The van der Waals surface area contributed by atoms with Gasteiger partial charge in [-0.15, -0.1) is 0 Å². The maximum Gasteiger partial charge on any atom is 0.262 e. The molecule has 154 valence electrons. The molecule has 3 aliphatic heterocycles. The number of benzene rings is 1. The van der Waals surface area contributed by atoms with Gasteiger partial charge in [-0.25, -0.2) is 0 Å². The maximum absolute atomic E-state index is 13.2. The van der Waals surface area contributed by atoms with Crippen molar-refractivity contribution in [1.29, 1.82) is 0 Å². The molecule has 0 radical (unpaired) electrons. The number of nitrogens with zero attached hydrogens (tertiary/aromatic N) is 2. The molecule has 0 aromatic heterocycles. The highest BCUT2D eigenvalue weighted by atomic mass is 16.2. The summed E-state index contributed by atoms with van der Waals surface area (Å²) in [4.78, 5) is 53.2. The molecule has 0 aliphatic carbocycles. The van der Waals surface area contributed by atoms with Gasteiger partial charge < -0.3 is 5.73 Å². The van der Waals surface area contributed by atoms with E-state index < -0.39 is 23.8 Å². The van der Waals surface area contributed by atoms with Crippen molar-refractivity contribution in [1.82, 2.24) is 15.1 Å². The first-order chi connectivity index (χ1) is 13.9. The molecule has 29 heavy (non-hydrogen) atoms. The number of carbonyl (C=O) groups is 4. The van der Waals surface area contributed by atoms with Crippen LogP contribution in [-0.2, 0) is 16.1 Å². The number of hydrogen-bond donors (Lipinski definition) is 2. The van der Waals surface area contributed by atoms with Crippen molar-refractivity contribution in [2.75, 3.05) is 13.1 Å². The third kappa shape index (κ3) is 3.47. The number of nitrogens with two attached hydrogens (primary N) is 1. The van der Waals surface area contributed by atoms with Gasteiger partial charge >= 0.3 is 0 Å². The lowest BCUT2D eigenvalue weighted by molar-refractivity contribution is -0.136. The number of nitrogens with one attached hydrogen (secondary N) is 1. The molecule has 3 heterocycles. The molecular formula is C21H26N4O4. The molecule has 8 heteroatoms. The molecule has 2 fully saturated rings. The molecule has 3 atom stereocenters. The van der Waals surface area contributed by atoms with E-state index in [1.54, 1.807) is 12.1 Å². The molecule has 0 bridgehead atoms. The lowest BCUT2D eigenvalue weighted by Gasteiger charge is -2.38. The zero-order chi connectivity index (χ0) is 20.7. The quantitative estimate of drug-likeness (QED) is 0.720. The van der Waals surface area contributed by atoms with Crippen LogP contribution < -0.4 is 11.1 Å². The Morgan fingerprint density at radius 2 is 1.90 bits per heavy atom. The van der Waals surface area contributed by atoms with E-state index in [4.69, 9.17) is 5.73 Å². The van der Waals surface area contributed by atoms with Crippen molar-refractivity contribution >= 4 is 23.6 Å². The van der Waals surface area contributed by atoms with Gasteiger partial charge in [0.25, 0.3) is 11.8 Å². The van der Waals surface area contributed by atoms with Gasteiger partial charge in [0.15, 0.2) is 0 Å². The van der Waals surface area contributed by atoms with Gasteiger partial charge in [0.1, 0.15) is 6.04 Å². The highest BCUT2D eigenvalue weighted by molar-refractivity contribution is 6.24. The Bertz CT molecular complexity index is 883. The van der Waals surface area contributed by atoms with Crippen molar-refractivity contribution in [3.63, 3.8) is 0 Å². The molecule has 1 aromatic rings. The van der Waals surface area contributed by atoms with E-state index in [1.807, 2.05) is 6.07 Å².